The molecule has 1 nitrogen and oxygen atoms in total. The van der Waals surface area contributed by atoms with Crippen LogP contribution in [0.4, 0.5) is 0 Å². The van der Waals surface area contributed by atoms with E-state index >= 15 is 0 Å². The first-order chi connectivity index (χ1) is 5.60. The van der Waals surface area contributed by atoms with Crippen LogP contribution in [0.3, 0.4) is 0 Å². The van der Waals surface area contributed by atoms with Crippen LogP contribution >= 0.6 is 7.26 Å². The summed E-state index contributed by atoms with van der Waals surface area (Å²) >= 11 is 0. The maximum absolute atomic E-state index is 10.8. The maximum Gasteiger partial charge on any atom is 0.155 e. The van der Waals surface area contributed by atoms with Crippen LogP contribution < -0.4 is 12.4 Å². The van der Waals surface area contributed by atoms with Crippen molar-refractivity contribution in [2.24, 2.45) is 0 Å². The van der Waals surface area contributed by atoms with Crippen LogP contribution in [0.15, 0.2) is 11.9 Å². The molecule has 0 N–H and O–H groups in total. The van der Waals surface area contributed by atoms with Crippen LogP contribution in [0.25, 0.3) is 0 Å². The zero-order chi connectivity index (χ0) is 9.61. The number of carbonyl (C=O) groups excluding carboxylic acids is 1. The van der Waals surface area contributed by atoms with Gasteiger partial charge in [0, 0.05) is 13.3 Å². The fourth-order valence-corrected chi connectivity index (χ4v) is 3.75. The van der Waals surface area contributed by atoms with Gasteiger partial charge in [-0.1, -0.05) is 0 Å². The normalized spacial score (nSPS) is 11.4. The fourth-order valence-electron chi connectivity index (χ4n) is 1.25. The van der Waals surface area contributed by atoms with Gasteiger partial charge >= 0.3 is 0 Å². The summed E-state index contributed by atoms with van der Waals surface area (Å²) in [5, 5.41) is 0. The summed E-state index contributed by atoms with van der Waals surface area (Å²) in [7, 11) is -0.894. The molecule has 0 aliphatic heterocycles. The van der Waals surface area contributed by atoms with Crippen LogP contribution in [0.1, 0.15) is 27.7 Å². The SMILES string of the molecule is CC[P+](C=CC(C)=O)(CC)CC.[Cl-]. The van der Waals surface area contributed by atoms with Crippen LogP contribution in [-0.4, -0.2) is 24.3 Å². The second-order valence-corrected chi connectivity index (χ2v) is 7.73. The number of ketones is 1. The second-order valence-electron chi connectivity index (χ2n) is 3.09. The van der Waals surface area contributed by atoms with E-state index in [1.807, 2.05) is 0 Å². The van der Waals surface area contributed by atoms with E-state index in [4.69, 9.17) is 0 Å². The highest BCUT2D eigenvalue weighted by molar-refractivity contribution is 7.78. The Morgan fingerprint density at radius 1 is 1.15 bits per heavy atom. The van der Waals surface area contributed by atoms with Crippen molar-refractivity contribution < 1.29 is 17.2 Å². The minimum absolute atomic E-state index is 0. The van der Waals surface area contributed by atoms with Gasteiger partial charge in [-0.15, -0.1) is 0 Å². The average molecular weight is 223 g/mol. The van der Waals surface area contributed by atoms with E-state index in [0.717, 1.165) is 0 Å². The molecular formula is C10H20ClOP. The maximum atomic E-state index is 10.8. The van der Waals surface area contributed by atoms with Crippen LogP contribution in [-0.2, 0) is 4.79 Å². The van der Waals surface area contributed by atoms with Crippen LogP contribution in [0, 0.1) is 0 Å². The molecule has 0 bridgehead atoms. The molecule has 0 aliphatic rings. The Hall–Kier alpha value is 0.130. The topological polar surface area (TPSA) is 17.1 Å². The number of hydrogen-bond acceptors (Lipinski definition) is 1. The van der Waals surface area contributed by atoms with E-state index < -0.39 is 7.26 Å². The summed E-state index contributed by atoms with van der Waals surface area (Å²) in [6, 6.07) is 0. The molecule has 0 fully saturated rings. The van der Waals surface area contributed by atoms with E-state index in [1.54, 1.807) is 13.0 Å². The predicted octanol–water partition coefficient (Wildman–Crippen LogP) is 0.170. The zero-order valence-corrected chi connectivity index (χ0v) is 10.7. The number of allylic oxidation sites excluding steroid dienone is 1. The molecular weight excluding hydrogens is 203 g/mol. The second kappa shape index (κ2) is 7.53. The number of rotatable bonds is 5. The molecule has 13 heavy (non-hydrogen) atoms. The van der Waals surface area contributed by atoms with Gasteiger partial charge in [-0.3, -0.25) is 4.79 Å². The highest BCUT2D eigenvalue weighted by Crippen LogP contribution is 2.59. The van der Waals surface area contributed by atoms with E-state index in [2.05, 4.69) is 26.6 Å². The van der Waals surface area contributed by atoms with Gasteiger partial charge < -0.3 is 12.4 Å². The van der Waals surface area contributed by atoms with Gasteiger partial charge in [-0.2, -0.15) is 0 Å². The summed E-state index contributed by atoms with van der Waals surface area (Å²) < 4.78 is 0. The van der Waals surface area contributed by atoms with Gasteiger partial charge in [0.1, 0.15) is 0 Å². The lowest BCUT2D eigenvalue weighted by Gasteiger charge is -2.17. The van der Waals surface area contributed by atoms with Crippen molar-refractivity contribution in [2.75, 3.05) is 18.5 Å². The molecule has 0 rings (SSSR count). The monoisotopic (exact) mass is 222 g/mol. The first kappa shape index (κ1) is 15.6. The summed E-state index contributed by atoms with van der Waals surface area (Å²) in [5.74, 6) is 2.37. The lowest BCUT2D eigenvalue weighted by molar-refractivity contribution is -0.112. The van der Waals surface area contributed by atoms with Crippen molar-refractivity contribution in [3.63, 3.8) is 0 Å². The average Bonchev–Trinajstić information content (AvgIpc) is 2.08. The van der Waals surface area contributed by atoms with E-state index in [1.165, 1.54) is 18.5 Å². The molecule has 78 valence electrons. The molecule has 0 spiro atoms. The van der Waals surface area contributed by atoms with E-state index in [-0.39, 0.29) is 18.2 Å². The number of carbonyl (C=O) groups is 1. The Morgan fingerprint density at radius 2 is 1.54 bits per heavy atom. The Labute approximate surface area is 88.7 Å². The highest BCUT2D eigenvalue weighted by atomic mass is 35.5. The first-order valence-corrected chi connectivity index (χ1v) is 7.07. The van der Waals surface area contributed by atoms with Gasteiger partial charge in [0.2, 0.25) is 0 Å². The highest BCUT2D eigenvalue weighted by Gasteiger charge is 2.27. The van der Waals surface area contributed by atoms with Crippen LogP contribution in [0.2, 0.25) is 0 Å². The number of hydrogen-bond donors (Lipinski definition) is 0. The molecule has 0 amide bonds. The molecule has 3 heteroatoms. The summed E-state index contributed by atoms with van der Waals surface area (Å²) in [6.07, 6.45) is 5.43. The molecule has 0 saturated heterocycles. The molecule has 0 aromatic heterocycles. The Bertz CT molecular complexity index is 165. The standard InChI is InChI=1S/C10H20OP.ClH/c1-5-12(6-2,7-3)9-8-10(4)11;/h8-9H,5-7H2,1-4H3;1H/q+1;/p-1. The third kappa shape index (κ3) is 5.44. The molecule has 0 radical (unpaired) electrons. The van der Waals surface area contributed by atoms with Gasteiger partial charge in [0.25, 0.3) is 0 Å². The summed E-state index contributed by atoms with van der Waals surface area (Å²) in [4.78, 5) is 10.8. The molecule has 0 unspecified atom stereocenters. The quantitative estimate of drug-likeness (QED) is 0.479. The van der Waals surface area contributed by atoms with Gasteiger partial charge in [-0.05, 0) is 27.7 Å². The molecule has 0 saturated carbocycles. The van der Waals surface area contributed by atoms with Crippen molar-refractivity contribution in [3.8, 4) is 0 Å². The minimum atomic E-state index is -0.894. The van der Waals surface area contributed by atoms with E-state index in [0.29, 0.717) is 0 Å². The fraction of sp³-hybridized carbons (Fsp3) is 0.700. The van der Waals surface area contributed by atoms with Gasteiger partial charge in [0.05, 0.1) is 24.3 Å². The lowest BCUT2D eigenvalue weighted by atomic mass is 10.5. The summed E-state index contributed by atoms with van der Waals surface area (Å²) in [6.45, 7) is 8.30. The van der Waals surface area contributed by atoms with Gasteiger partial charge in [-0.25, -0.2) is 0 Å². The largest absolute Gasteiger partial charge is 1.00 e. The third-order valence-corrected chi connectivity index (χ3v) is 7.08. The molecule has 0 heterocycles. The van der Waals surface area contributed by atoms with Gasteiger partial charge in [0.15, 0.2) is 5.78 Å². The van der Waals surface area contributed by atoms with Crippen molar-refractivity contribution in [2.45, 2.75) is 27.7 Å². The summed E-state index contributed by atoms with van der Waals surface area (Å²) in [5.41, 5.74) is 0. The Morgan fingerprint density at radius 3 is 1.77 bits per heavy atom. The third-order valence-electron chi connectivity index (χ3n) is 2.51. The Kier molecular flexibility index (Phi) is 9.03. The first-order valence-electron chi connectivity index (χ1n) is 4.65. The number of halogens is 1. The Balaban J connectivity index is 0. The molecule has 0 aromatic rings. The van der Waals surface area contributed by atoms with Crippen molar-refractivity contribution in [1.82, 2.24) is 0 Å². The lowest BCUT2D eigenvalue weighted by Crippen LogP contribution is -3.00. The van der Waals surface area contributed by atoms with Crippen molar-refractivity contribution >= 4 is 13.0 Å². The van der Waals surface area contributed by atoms with E-state index in [9.17, 15) is 4.79 Å². The smallest absolute Gasteiger partial charge is 0.155 e. The van der Waals surface area contributed by atoms with Crippen molar-refractivity contribution in [1.29, 1.82) is 0 Å². The zero-order valence-electron chi connectivity index (χ0n) is 9.01. The van der Waals surface area contributed by atoms with Crippen LogP contribution in [0.5, 0.6) is 0 Å². The predicted molar refractivity (Wildman–Crippen MR) is 58.4 cm³/mol. The van der Waals surface area contributed by atoms with Crippen molar-refractivity contribution in [3.05, 3.63) is 11.9 Å². The molecule has 0 aliphatic carbocycles. The molecule has 0 aromatic carbocycles. The molecule has 0 atom stereocenters. The minimum Gasteiger partial charge on any atom is -1.00 e.